The van der Waals surface area contributed by atoms with Gasteiger partial charge in [0.15, 0.2) is 0 Å². The number of halogens is 1. The van der Waals surface area contributed by atoms with Gasteiger partial charge in [-0.3, -0.25) is 4.79 Å². The van der Waals surface area contributed by atoms with Crippen molar-refractivity contribution >= 4 is 28.4 Å². The number of thiol groups is 1. The van der Waals surface area contributed by atoms with E-state index in [2.05, 4.69) is 4.98 Å². The van der Waals surface area contributed by atoms with Crippen molar-refractivity contribution in [1.29, 1.82) is 0 Å². The van der Waals surface area contributed by atoms with Crippen LogP contribution in [0, 0.1) is 12.8 Å². The Hall–Kier alpha value is -2.06. The number of carbonyl (C=O) groups excluding carboxylic acids is 1. The number of imidazole rings is 1. The average molecular weight is 426 g/mol. The molecule has 0 spiro atoms. The molecule has 1 aromatic heterocycles. The molecule has 152 valence electrons. The van der Waals surface area contributed by atoms with Crippen molar-refractivity contribution < 1.29 is 17.9 Å². The second kappa shape index (κ2) is 9.43. The quantitative estimate of drug-likeness (QED) is 0.665. The van der Waals surface area contributed by atoms with Crippen LogP contribution in [0.3, 0.4) is 0 Å². The first-order valence-corrected chi connectivity index (χ1v) is 10.9. The third-order valence-corrected chi connectivity index (χ3v) is 5.71. The van der Waals surface area contributed by atoms with Gasteiger partial charge in [-0.2, -0.15) is 0 Å². The molecule has 28 heavy (non-hydrogen) atoms. The molecule has 0 bridgehead atoms. The maximum absolute atomic E-state index is 11.8. The molecule has 0 aliphatic heterocycles. The van der Waals surface area contributed by atoms with Gasteiger partial charge in [-0.1, -0.05) is 36.9 Å². The van der Waals surface area contributed by atoms with E-state index in [0.29, 0.717) is 23.3 Å². The molecular weight excluding hydrogens is 402 g/mol. The number of hydrogen-bond acceptors (Lipinski definition) is 5. The van der Waals surface area contributed by atoms with Crippen molar-refractivity contribution in [2.45, 2.75) is 45.6 Å². The second-order valence-corrected chi connectivity index (χ2v) is 8.21. The highest BCUT2D eigenvalue weighted by molar-refractivity contribution is 7.71. The van der Waals surface area contributed by atoms with E-state index in [-0.39, 0.29) is 5.69 Å². The summed E-state index contributed by atoms with van der Waals surface area (Å²) in [5, 5.41) is 0.572. The number of aryl methyl sites for hydroxylation is 1. The van der Waals surface area contributed by atoms with Gasteiger partial charge in [-0.05, 0) is 43.4 Å². The van der Waals surface area contributed by atoms with Crippen molar-refractivity contribution in [3.8, 4) is 5.75 Å². The second-order valence-electron chi connectivity index (χ2n) is 7.07. The summed E-state index contributed by atoms with van der Waals surface area (Å²) in [5.74, 6) is 1.20. The van der Waals surface area contributed by atoms with E-state index < -0.39 is 16.8 Å². The van der Waals surface area contributed by atoms with Gasteiger partial charge in [0.05, 0.1) is 13.2 Å². The van der Waals surface area contributed by atoms with Crippen molar-refractivity contribution in [3.05, 3.63) is 46.5 Å². The first-order chi connectivity index (χ1) is 13.4. The lowest BCUT2D eigenvalue weighted by Crippen LogP contribution is -2.21. The lowest BCUT2D eigenvalue weighted by Gasteiger charge is -2.21. The molecule has 1 amide bonds. The molecule has 9 heteroatoms. The Morgan fingerprint density at radius 1 is 1.32 bits per heavy atom. The fourth-order valence-electron chi connectivity index (χ4n) is 3.42. The molecule has 1 heterocycles. The summed E-state index contributed by atoms with van der Waals surface area (Å²) in [6, 6.07) is 5.60. The van der Waals surface area contributed by atoms with E-state index in [0.717, 1.165) is 17.9 Å². The van der Waals surface area contributed by atoms with Crippen LogP contribution < -0.4 is 9.46 Å². The van der Waals surface area contributed by atoms with Gasteiger partial charge < -0.3 is 9.30 Å². The van der Waals surface area contributed by atoms with Gasteiger partial charge >= 0.3 is 0 Å². The molecule has 0 radical (unpaired) electrons. The molecule has 7 nitrogen and oxygen atoms in total. The molecule has 2 aromatic rings. The Labute approximate surface area is 171 Å². The minimum absolute atomic E-state index is 0.0419. The predicted molar refractivity (Wildman–Crippen MR) is 107 cm³/mol. The number of aromatic nitrogens is 2. The molecule has 1 N–H and O–H groups in total. The number of nitrogens with zero attached hydrogens (tertiary/aromatic N) is 2. The third-order valence-electron chi connectivity index (χ3n) is 4.98. The standard InChI is InChI=1S/C19H24ClN3O4S/c1-13-21-18(19(24)22-28(25)26)11-23(13)10-15-7-8-16(9-17(15)20)27-12-14-5-3-2-4-6-14/h7-9,11,14,28H,2-6,10,12H2,1H3,(H,22,24,25,26). The maximum Gasteiger partial charge on any atom is 0.284 e. The molecule has 1 aliphatic carbocycles. The number of nitrogens with one attached hydrogen (secondary N) is 1. The van der Waals surface area contributed by atoms with E-state index in [9.17, 15) is 13.2 Å². The number of hydrogen-bond donors (Lipinski definition) is 2. The molecule has 1 saturated carbocycles. The summed E-state index contributed by atoms with van der Waals surface area (Å²) in [5.41, 5.74) is 0.898. The summed E-state index contributed by atoms with van der Waals surface area (Å²) >= 11 is 6.42. The topological polar surface area (TPSA) is 90.3 Å². The first kappa shape index (κ1) is 20.7. The molecule has 1 fully saturated rings. The fraction of sp³-hybridized carbons (Fsp3) is 0.474. The van der Waals surface area contributed by atoms with Crippen molar-refractivity contribution in [1.82, 2.24) is 14.3 Å². The highest BCUT2D eigenvalue weighted by atomic mass is 35.5. The Kier molecular flexibility index (Phi) is 6.96. The molecular formula is C19H24ClN3O4S. The number of amides is 1. The van der Waals surface area contributed by atoms with Crippen LogP contribution in [-0.4, -0.2) is 30.5 Å². The number of ether oxygens (including phenoxy) is 1. The zero-order valence-corrected chi connectivity index (χ0v) is 17.3. The Balaban J connectivity index is 1.64. The average Bonchev–Trinajstić information content (AvgIpc) is 3.03. The predicted octanol–water partition coefficient (Wildman–Crippen LogP) is 3.11. The van der Waals surface area contributed by atoms with Gasteiger partial charge in [0.1, 0.15) is 17.3 Å². The van der Waals surface area contributed by atoms with Crippen LogP contribution in [0.4, 0.5) is 0 Å². The highest BCUT2D eigenvalue weighted by Gasteiger charge is 2.15. The minimum atomic E-state index is -3.01. The van der Waals surface area contributed by atoms with Crippen LogP contribution in [-0.2, 0) is 17.4 Å². The van der Waals surface area contributed by atoms with Crippen molar-refractivity contribution in [3.63, 3.8) is 0 Å². The molecule has 0 unspecified atom stereocenters. The number of carbonyl (C=O) groups is 1. The van der Waals surface area contributed by atoms with Crippen LogP contribution in [0.1, 0.15) is 54.0 Å². The van der Waals surface area contributed by atoms with Crippen LogP contribution in [0.15, 0.2) is 24.4 Å². The zero-order chi connectivity index (χ0) is 20.1. The summed E-state index contributed by atoms with van der Waals surface area (Å²) in [7, 11) is -3.01. The molecule has 1 aromatic carbocycles. The summed E-state index contributed by atoms with van der Waals surface area (Å²) in [4.78, 5) is 15.9. The highest BCUT2D eigenvalue weighted by Crippen LogP contribution is 2.27. The normalized spacial score (nSPS) is 15.0. The number of benzene rings is 1. The summed E-state index contributed by atoms with van der Waals surface area (Å²) < 4.78 is 30.8. The Bertz CT molecular complexity index is 912. The Morgan fingerprint density at radius 2 is 2.07 bits per heavy atom. The van der Waals surface area contributed by atoms with Crippen molar-refractivity contribution in [2.24, 2.45) is 5.92 Å². The largest absolute Gasteiger partial charge is 0.493 e. The van der Waals surface area contributed by atoms with Crippen LogP contribution in [0.25, 0.3) is 0 Å². The summed E-state index contributed by atoms with van der Waals surface area (Å²) in [6.07, 6.45) is 7.84. The number of rotatable bonds is 7. The molecule has 0 saturated heterocycles. The zero-order valence-electron chi connectivity index (χ0n) is 15.7. The van der Waals surface area contributed by atoms with E-state index in [1.54, 1.807) is 11.5 Å². The van der Waals surface area contributed by atoms with Gasteiger partial charge in [0.2, 0.25) is 10.9 Å². The van der Waals surface area contributed by atoms with Crippen molar-refractivity contribution in [2.75, 3.05) is 6.61 Å². The van der Waals surface area contributed by atoms with E-state index in [4.69, 9.17) is 16.3 Å². The minimum Gasteiger partial charge on any atom is -0.493 e. The van der Waals surface area contributed by atoms with Crippen LogP contribution >= 0.6 is 11.6 Å². The molecule has 0 atom stereocenters. The lowest BCUT2D eigenvalue weighted by atomic mass is 9.90. The molecule has 3 rings (SSSR count). The monoisotopic (exact) mass is 425 g/mol. The van der Waals surface area contributed by atoms with Gasteiger partial charge in [-0.15, -0.1) is 0 Å². The Morgan fingerprint density at radius 3 is 2.75 bits per heavy atom. The fourth-order valence-corrected chi connectivity index (χ4v) is 3.93. The van der Waals surface area contributed by atoms with E-state index in [1.165, 1.54) is 38.3 Å². The lowest BCUT2D eigenvalue weighted by molar-refractivity contribution is 0.0978. The maximum atomic E-state index is 11.8. The summed E-state index contributed by atoms with van der Waals surface area (Å²) in [6.45, 7) is 2.87. The van der Waals surface area contributed by atoms with E-state index >= 15 is 0 Å². The van der Waals surface area contributed by atoms with Crippen LogP contribution in [0.2, 0.25) is 5.02 Å². The molecule has 1 aliphatic rings. The van der Waals surface area contributed by atoms with Gasteiger partial charge in [0.25, 0.3) is 5.91 Å². The SMILES string of the molecule is Cc1nc(C(=O)N[SH](=O)=O)cn1Cc1ccc(OCC2CCCCC2)cc1Cl. The van der Waals surface area contributed by atoms with Gasteiger partial charge in [0, 0.05) is 11.2 Å². The van der Waals surface area contributed by atoms with Crippen LogP contribution in [0.5, 0.6) is 5.75 Å². The van der Waals surface area contributed by atoms with Gasteiger partial charge in [-0.25, -0.2) is 18.1 Å². The van der Waals surface area contributed by atoms with E-state index in [1.807, 2.05) is 22.9 Å². The smallest absolute Gasteiger partial charge is 0.284 e. The first-order valence-electron chi connectivity index (χ1n) is 9.32. The third kappa shape index (κ3) is 5.48.